The molecule has 0 spiro atoms. The lowest BCUT2D eigenvalue weighted by atomic mass is 10.1. The molecule has 0 saturated heterocycles. The number of rotatable bonds is 2. The van der Waals surface area contributed by atoms with Gasteiger partial charge in [-0.2, -0.15) is 0 Å². The fourth-order valence-corrected chi connectivity index (χ4v) is 2.83. The first kappa shape index (κ1) is 13.5. The van der Waals surface area contributed by atoms with Crippen molar-refractivity contribution in [1.82, 2.24) is 0 Å². The van der Waals surface area contributed by atoms with Crippen LogP contribution in [0.4, 0.5) is 14.5 Å². The lowest BCUT2D eigenvalue weighted by Crippen LogP contribution is -2.01. The third-order valence-corrected chi connectivity index (χ3v) is 4.08. The number of nitrogens with two attached hydrogens (primary N) is 1. The van der Waals surface area contributed by atoms with Gasteiger partial charge in [0, 0.05) is 4.88 Å². The molecule has 6 heteroatoms. The van der Waals surface area contributed by atoms with Crippen LogP contribution in [0.1, 0.15) is 15.2 Å². The van der Waals surface area contributed by atoms with Gasteiger partial charge in [-0.15, -0.1) is 11.3 Å². The Morgan fingerprint density at radius 1 is 1.32 bits per heavy atom. The standard InChI is InChI=1S/C13H11F2NO2S/c1-6-10(16)12(13(17)18-2)19-11(6)7-3-4-8(14)9(15)5-7/h3-5H,16H2,1-2H3. The van der Waals surface area contributed by atoms with E-state index in [1.807, 2.05) is 0 Å². The van der Waals surface area contributed by atoms with Crippen molar-refractivity contribution in [2.45, 2.75) is 6.92 Å². The van der Waals surface area contributed by atoms with Crippen molar-refractivity contribution in [3.63, 3.8) is 0 Å². The van der Waals surface area contributed by atoms with E-state index >= 15 is 0 Å². The fraction of sp³-hybridized carbons (Fsp3) is 0.154. The molecule has 2 aromatic rings. The van der Waals surface area contributed by atoms with Crippen LogP contribution >= 0.6 is 11.3 Å². The molecule has 19 heavy (non-hydrogen) atoms. The first-order valence-electron chi connectivity index (χ1n) is 5.38. The van der Waals surface area contributed by atoms with Crippen molar-refractivity contribution in [2.24, 2.45) is 0 Å². The fourth-order valence-electron chi connectivity index (χ4n) is 1.68. The predicted octanol–water partition coefficient (Wildman–Crippen LogP) is 3.37. The Bertz CT molecular complexity index is 652. The summed E-state index contributed by atoms with van der Waals surface area (Å²) in [4.78, 5) is 12.4. The molecule has 0 radical (unpaired) electrons. The van der Waals surface area contributed by atoms with Crippen LogP contribution in [0.25, 0.3) is 10.4 Å². The quantitative estimate of drug-likeness (QED) is 0.860. The van der Waals surface area contributed by atoms with Crippen LogP contribution in [-0.2, 0) is 4.74 Å². The van der Waals surface area contributed by atoms with Crippen LogP contribution in [-0.4, -0.2) is 13.1 Å². The number of nitrogen functional groups attached to an aromatic ring is 1. The van der Waals surface area contributed by atoms with Gasteiger partial charge in [0.05, 0.1) is 12.8 Å². The van der Waals surface area contributed by atoms with E-state index in [1.165, 1.54) is 13.2 Å². The smallest absolute Gasteiger partial charge is 0.350 e. The summed E-state index contributed by atoms with van der Waals surface area (Å²) in [5.41, 5.74) is 7.25. The summed E-state index contributed by atoms with van der Waals surface area (Å²) in [6.07, 6.45) is 0. The average molecular weight is 283 g/mol. The summed E-state index contributed by atoms with van der Waals surface area (Å²) < 4.78 is 30.8. The number of esters is 1. The second-order valence-electron chi connectivity index (χ2n) is 3.92. The zero-order valence-electron chi connectivity index (χ0n) is 10.3. The molecule has 0 unspecified atom stereocenters. The van der Waals surface area contributed by atoms with E-state index in [4.69, 9.17) is 5.73 Å². The van der Waals surface area contributed by atoms with Gasteiger partial charge < -0.3 is 10.5 Å². The van der Waals surface area contributed by atoms with E-state index in [1.54, 1.807) is 6.92 Å². The van der Waals surface area contributed by atoms with Crippen LogP contribution in [0.5, 0.6) is 0 Å². The summed E-state index contributed by atoms with van der Waals surface area (Å²) >= 11 is 1.10. The van der Waals surface area contributed by atoms with Gasteiger partial charge in [0.2, 0.25) is 0 Å². The molecule has 2 rings (SSSR count). The number of methoxy groups -OCH3 is 1. The number of halogens is 2. The summed E-state index contributed by atoms with van der Waals surface area (Å²) in [6.45, 7) is 1.72. The Labute approximate surface area is 112 Å². The topological polar surface area (TPSA) is 52.3 Å². The van der Waals surface area contributed by atoms with Crippen LogP contribution in [0.15, 0.2) is 18.2 Å². The first-order chi connectivity index (χ1) is 8.95. The molecule has 0 aliphatic carbocycles. The van der Waals surface area contributed by atoms with Gasteiger partial charge in [0.25, 0.3) is 0 Å². The molecule has 0 aliphatic rings. The molecule has 3 nitrogen and oxygen atoms in total. The lowest BCUT2D eigenvalue weighted by molar-refractivity contribution is 0.0607. The van der Waals surface area contributed by atoms with Gasteiger partial charge in [0.15, 0.2) is 11.6 Å². The highest BCUT2D eigenvalue weighted by molar-refractivity contribution is 7.18. The number of carbonyl (C=O) groups is 1. The summed E-state index contributed by atoms with van der Waals surface area (Å²) in [7, 11) is 1.26. The molecule has 0 aliphatic heterocycles. The second-order valence-corrected chi connectivity index (χ2v) is 4.94. The molecule has 1 aromatic heterocycles. The van der Waals surface area contributed by atoms with Gasteiger partial charge in [-0.1, -0.05) is 6.07 Å². The molecule has 100 valence electrons. The number of hydrogen-bond donors (Lipinski definition) is 1. The Morgan fingerprint density at radius 3 is 2.58 bits per heavy atom. The Balaban J connectivity index is 2.57. The van der Waals surface area contributed by atoms with Crippen LogP contribution < -0.4 is 5.73 Å². The summed E-state index contributed by atoms with van der Waals surface area (Å²) in [5, 5.41) is 0. The largest absolute Gasteiger partial charge is 0.465 e. The first-order valence-corrected chi connectivity index (χ1v) is 6.20. The van der Waals surface area contributed by atoms with E-state index in [-0.39, 0.29) is 4.88 Å². The Morgan fingerprint density at radius 2 is 2.00 bits per heavy atom. The summed E-state index contributed by atoms with van der Waals surface area (Å²) in [5.74, 6) is -2.40. The Hall–Kier alpha value is -1.95. The predicted molar refractivity (Wildman–Crippen MR) is 70.2 cm³/mol. The molecule has 1 heterocycles. The maximum atomic E-state index is 13.2. The third kappa shape index (κ3) is 2.31. The van der Waals surface area contributed by atoms with Gasteiger partial charge in [0.1, 0.15) is 4.88 Å². The van der Waals surface area contributed by atoms with Gasteiger partial charge in [-0.05, 0) is 30.2 Å². The van der Waals surface area contributed by atoms with Gasteiger partial charge in [-0.25, -0.2) is 13.6 Å². The highest BCUT2D eigenvalue weighted by Gasteiger charge is 2.20. The number of hydrogen-bond acceptors (Lipinski definition) is 4. The molecule has 0 amide bonds. The average Bonchev–Trinajstić information content (AvgIpc) is 2.69. The zero-order chi connectivity index (χ0) is 14.2. The van der Waals surface area contributed by atoms with Gasteiger partial charge >= 0.3 is 5.97 Å². The van der Waals surface area contributed by atoms with E-state index in [9.17, 15) is 13.6 Å². The molecular weight excluding hydrogens is 272 g/mol. The van der Waals surface area contributed by atoms with Crippen molar-refractivity contribution in [3.8, 4) is 10.4 Å². The van der Waals surface area contributed by atoms with E-state index in [0.29, 0.717) is 21.7 Å². The normalized spacial score (nSPS) is 10.5. The van der Waals surface area contributed by atoms with Crippen LogP contribution in [0.2, 0.25) is 0 Å². The minimum absolute atomic E-state index is 0.264. The minimum Gasteiger partial charge on any atom is -0.465 e. The van der Waals surface area contributed by atoms with Crippen molar-refractivity contribution in [2.75, 3.05) is 12.8 Å². The van der Waals surface area contributed by atoms with Crippen molar-refractivity contribution < 1.29 is 18.3 Å². The summed E-state index contributed by atoms with van der Waals surface area (Å²) in [6, 6.07) is 3.56. The van der Waals surface area contributed by atoms with E-state index < -0.39 is 17.6 Å². The number of carbonyl (C=O) groups excluding carboxylic acids is 1. The molecular formula is C13H11F2NO2S. The molecule has 0 atom stereocenters. The van der Waals surface area contributed by atoms with E-state index in [2.05, 4.69) is 4.74 Å². The number of ether oxygens (including phenoxy) is 1. The zero-order valence-corrected chi connectivity index (χ0v) is 11.1. The minimum atomic E-state index is -0.941. The molecule has 1 aromatic carbocycles. The maximum absolute atomic E-state index is 13.2. The van der Waals surface area contributed by atoms with Crippen molar-refractivity contribution in [1.29, 1.82) is 0 Å². The van der Waals surface area contributed by atoms with Crippen LogP contribution in [0.3, 0.4) is 0 Å². The third-order valence-electron chi connectivity index (χ3n) is 2.75. The molecule has 2 N–H and O–H groups in total. The SMILES string of the molecule is COC(=O)c1sc(-c2ccc(F)c(F)c2)c(C)c1N. The molecule has 0 saturated carbocycles. The number of thiophene rings is 1. The highest BCUT2D eigenvalue weighted by atomic mass is 32.1. The van der Waals surface area contributed by atoms with Gasteiger partial charge in [-0.3, -0.25) is 0 Å². The highest BCUT2D eigenvalue weighted by Crippen LogP contribution is 2.38. The monoisotopic (exact) mass is 283 g/mol. The van der Waals surface area contributed by atoms with Crippen LogP contribution in [0, 0.1) is 18.6 Å². The molecule has 0 bridgehead atoms. The lowest BCUT2D eigenvalue weighted by Gasteiger charge is -2.01. The van der Waals surface area contributed by atoms with Crippen molar-refractivity contribution in [3.05, 3.63) is 40.3 Å². The number of benzene rings is 1. The number of anilines is 1. The second kappa shape index (κ2) is 4.97. The van der Waals surface area contributed by atoms with Crippen molar-refractivity contribution >= 4 is 23.0 Å². The van der Waals surface area contributed by atoms with E-state index in [0.717, 1.165) is 23.5 Å². The maximum Gasteiger partial charge on any atom is 0.350 e. The molecule has 0 fully saturated rings. The Kier molecular flexibility index (Phi) is 3.53.